The molecule has 0 fully saturated rings. The Bertz CT molecular complexity index is 600. The van der Waals surface area contributed by atoms with Crippen molar-refractivity contribution in [2.75, 3.05) is 27.2 Å². The lowest BCUT2D eigenvalue weighted by Gasteiger charge is -2.23. The molecule has 0 amide bonds. The first kappa shape index (κ1) is 13.2. The highest BCUT2D eigenvalue weighted by Crippen LogP contribution is 2.10. The van der Waals surface area contributed by atoms with Crippen LogP contribution in [0.2, 0.25) is 0 Å². The van der Waals surface area contributed by atoms with E-state index in [4.69, 9.17) is 0 Å². The lowest BCUT2D eigenvalue weighted by atomic mass is 10.4. The minimum Gasteiger partial charge on any atom is -0.278 e. The second-order valence-corrected chi connectivity index (χ2v) is 6.56. The first-order valence-electron chi connectivity index (χ1n) is 5.64. The number of aryl methyl sites for hydroxylation is 1. The van der Waals surface area contributed by atoms with Crippen LogP contribution in [0.4, 0.5) is 0 Å². The molecule has 0 aromatic carbocycles. The Kier molecular flexibility index (Phi) is 3.30. The monoisotopic (exact) mass is 275 g/mol. The van der Waals surface area contributed by atoms with Gasteiger partial charge in [0.05, 0.1) is 0 Å². The highest BCUT2D eigenvalue weighted by Gasteiger charge is 2.28. The van der Waals surface area contributed by atoms with E-state index in [9.17, 15) is 13.2 Å². The second-order valence-electron chi connectivity index (χ2n) is 4.41. The first-order valence-corrected chi connectivity index (χ1v) is 7.04. The minimum absolute atomic E-state index is 0.200. The predicted molar refractivity (Wildman–Crippen MR) is 65.4 cm³/mol. The van der Waals surface area contributed by atoms with Crippen LogP contribution in [0.15, 0.2) is 4.79 Å². The summed E-state index contributed by atoms with van der Waals surface area (Å²) in [4.78, 5) is 11.7. The van der Waals surface area contributed by atoms with E-state index >= 15 is 0 Å². The summed E-state index contributed by atoms with van der Waals surface area (Å²) in [5.74, 6) is 0.638. The zero-order valence-corrected chi connectivity index (χ0v) is 11.5. The van der Waals surface area contributed by atoms with E-state index in [-0.39, 0.29) is 5.69 Å². The predicted octanol–water partition coefficient (Wildman–Crippen LogP) is -1.75. The molecule has 2 rings (SSSR count). The zero-order chi connectivity index (χ0) is 13.5. The molecule has 0 N–H and O–H groups in total. The molecule has 18 heavy (non-hydrogen) atoms. The van der Waals surface area contributed by atoms with E-state index < -0.39 is 10.2 Å². The van der Waals surface area contributed by atoms with Crippen molar-refractivity contribution in [3.8, 4) is 0 Å². The fourth-order valence-electron chi connectivity index (χ4n) is 1.97. The first-order chi connectivity index (χ1) is 8.34. The minimum atomic E-state index is -3.43. The lowest BCUT2D eigenvalue weighted by Crippen LogP contribution is -2.42. The smallest absolute Gasteiger partial charge is 0.278 e. The summed E-state index contributed by atoms with van der Waals surface area (Å²) in [5, 5.41) is 4.10. The fourth-order valence-corrected chi connectivity index (χ4v) is 3.07. The molecule has 0 saturated heterocycles. The van der Waals surface area contributed by atoms with Crippen molar-refractivity contribution in [2.24, 2.45) is 7.05 Å². The molecule has 0 spiro atoms. The van der Waals surface area contributed by atoms with Crippen LogP contribution in [0.1, 0.15) is 5.82 Å². The standard InChI is InChI=1S/C9H17N5O3S/c1-11(2)18(16,17)13-5-4-8-10-12(3)9(15)14(8)7-6-13/h4-7H2,1-3H3. The number of nitrogens with zero attached hydrogens (tertiary/aromatic N) is 5. The summed E-state index contributed by atoms with van der Waals surface area (Å²) in [7, 11) is 1.17. The summed E-state index contributed by atoms with van der Waals surface area (Å²) in [6.45, 7) is 0.977. The summed E-state index contributed by atoms with van der Waals surface area (Å²) in [5.41, 5.74) is -0.200. The van der Waals surface area contributed by atoms with Crippen molar-refractivity contribution < 1.29 is 8.42 Å². The van der Waals surface area contributed by atoms with Crippen LogP contribution in [0.25, 0.3) is 0 Å². The van der Waals surface area contributed by atoms with Gasteiger partial charge in [0.2, 0.25) is 0 Å². The second kappa shape index (κ2) is 4.48. The van der Waals surface area contributed by atoms with Crippen molar-refractivity contribution in [1.29, 1.82) is 0 Å². The highest BCUT2D eigenvalue weighted by atomic mass is 32.2. The van der Waals surface area contributed by atoms with E-state index in [1.165, 1.54) is 32.0 Å². The maximum absolute atomic E-state index is 12.0. The quantitative estimate of drug-likeness (QED) is 0.641. The highest BCUT2D eigenvalue weighted by molar-refractivity contribution is 7.86. The Morgan fingerprint density at radius 1 is 1.22 bits per heavy atom. The summed E-state index contributed by atoms with van der Waals surface area (Å²) in [6, 6.07) is 0. The van der Waals surface area contributed by atoms with Gasteiger partial charge in [-0.2, -0.15) is 22.1 Å². The number of hydrogen-bond acceptors (Lipinski definition) is 4. The van der Waals surface area contributed by atoms with E-state index in [1.54, 1.807) is 7.05 Å². The van der Waals surface area contributed by atoms with Crippen LogP contribution >= 0.6 is 0 Å². The van der Waals surface area contributed by atoms with E-state index in [1.807, 2.05) is 0 Å². The Balaban J connectivity index is 2.27. The molecule has 8 nitrogen and oxygen atoms in total. The molecule has 1 aromatic heterocycles. The summed E-state index contributed by atoms with van der Waals surface area (Å²) in [6.07, 6.45) is 0.448. The molecule has 0 aliphatic carbocycles. The largest absolute Gasteiger partial charge is 0.345 e. The van der Waals surface area contributed by atoms with Crippen LogP contribution in [0.3, 0.4) is 0 Å². The molecule has 0 radical (unpaired) electrons. The zero-order valence-electron chi connectivity index (χ0n) is 10.7. The SMILES string of the molecule is CN(C)S(=O)(=O)N1CCc2nn(C)c(=O)n2CC1. The van der Waals surface area contributed by atoms with Crippen LogP contribution < -0.4 is 5.69 Å². The van der Waals surface area contributed by atoms with E-state index in [0.717, 1.165) is 0 Å². The Hall–Kier alpha value is -1.19. The third kappa shape index (κ3) is 2.08. The Morgan fingerprint density at radius 3 is 2.50 bits per heavy atom. The van der Waals surface area contributed by atoms with Gasteiger partial charge in [0, 0.05) is 47.2 Å². The van der Waals surface area contributed by atoms with Crippen molar-refractivity contribution in [2.45, 2.75) is 13.0 Å². The molecule has 0 bridgehead atoms. The molecule has 102 valence electrons. The molecular formula is C9H17N5O3S. The van der Waals surface area contributed by atoms with Gasteiger partial charge in [-0.1, -0.05) is 0 Å². The van der Waals surface area contributed by atoms with Gasteiger partial charge in [0.15, 0.2) is 0 Å². The van der Waals surface area contributed by atoms with Crippen molar-refractivity contribution in [3.63, 3.8) is 0 Å². The van der Waals surface area contributed by atoms with E-state index in [2.05, 4.69) is 5.10 Å². The third-order valence-electron chi connectivity index (χ3n) is 3.03. The number of aromatic nitrogens is 3. The fraction of sp³-hybridized carbons (Fsp3) is 0.778. The van der Waals surface area contributed by atoms with Gasteiger partial charge in [-0.15, -0.1) is 0 Å². The van der Waals surface area contributed by atoms with Crippen molar-refractivity contribution in [3.05, 3.63) is 16.3 Å². The number of rotatable bonds is 2. The molecular weight excluding hydrogens is 258 g/mol. The van der Waals surface area contributed by atoms with Crippen LogP contribution in [-0.2, 0) is 30.2 Å². The summed E-state index contributed by atoms with van der Waals surface area (Å²) >= 11 is 0. The van der Waals surface area contributed by atoms with Crippen molar-refractivity contribution >= 4 is 10.2 Å². The molecule has 1 aromatic rings. The van der Waals surface area contributed by atoms with Gasteiger partial charge in [-0.05, 0) is 0 Å². The Labute approximate surface area is 106 Å². The molecule has 0 unspecified atom stereocenters. The van der Waals surface area contributed by atoms with E-state index in [0.29, 0.717) is 31.9 Å². The summed E-state index contributed by atoms with van der Waals surface area (Å²) < 4.78 is 29.4. The maximum Gasteiger partial charge on any atom is 0.345 e. The molecule has 0 saturated carbocycles. The molecule has 9 heteroatoms. The molecule has 1 aliphatic rings. The number of hydrogen-bond donors (Lipinski definition) is 0. The third-order valence-corrected chi connectivity index (χ3v) is 4.97. The van der Waals surface area contributed by atoms with Gasteiger partial charge < -0.3 is 0 Å². The van der Waals surface area contributed by atoms with Gasteiger partial charge in [0.1, 0.15) is 5.82 Å². The van der Waals surface area contributed by atoms with Crippen LogP contribution in [0, 0.1) is 0 Å². The maximum atomic E-state index is 12.0. The van der Waals surface area contributed by atoms with Gasteiger partial charge in [0.25, 0.3) is 10.2 Å². The van der Waals surface area contributed by atoms with Crippen LogP contribution in [-0.4, -0.2) is 58.6 Å². The molecule has 2 heterocycles. The molecule has 0 atom stereocenters. The van der Waals surface area contributed by atoms with Gasteiger partial charge in [-0.3, -0.25) is 4.57 Å². The normalized spacial score (nSPS) is 17.8. The number of fused-ring (bicyclic) bond motifs is 1. The van der Waals surface area contributed by atoms with Gasteiger partial charge in [-0.25, -0.2) is 9.48 Å². The van der Waals surface area contributed by atoms with Gasteiger partial charge >= 0.3 is 5.69 Å². The average Bonchev–Trinajstić information content (AvgIpc) is 2.49. The average molecular weight is 275 g/mol. The molecule has 1 aliphatic heterocycles. The lowest BCUT2D eigenvalue weighted by molar-refractivity contribution is 0.375. The van der Waals surface area contributed by atoms with Crippen LogP contribution in [0.5, 0.6) is 0 Å². The topological polar surface area (TPSA) is 80.4 Å². The Morgan fingerprint density at radius 2 is 1.89 bits per heavy atom. The van der Waals surface area contributed by atoms with Crippen molar-refractivity contribution in [1.82, 2.24) is 23.0 Å².